The fraction of sp³-hybridized carbons (Fsp3) is 0.483. The van der Waals surface area contributed by atoms with Crippen LogP contribution in [0.1, 0.15) is 49.2 Å². The summed E-state index contributed by atoms with van der Waals surface area (Å²) in [4.78, 5) is 12.9. The largest absolute Gasteiger partial charge is 0.489 e. The Morgan fingerprint density at radius 1 is 1.05 bits per heavy atom. The van der Waals surface area contributed by atoms with Crippen LogP contribution in [0.25, 0.3) is 0 Å². The minimum absolute atomic E-state index is 0.0381. The maximum atomic E-state index is 12.9. The standard InChI is InChI=1S/C25H30O8.2C2H6/c1-4-12-30-25-23(22(27)21(26)20(32-25)15-29-3)33-24(28)19-11-10-18(13-16(19)2)31-14-17-8-6-5-7-9-17;2*1-2/h4-11,13,20-23,25-27H,1,12,14-15H2,2-3H3;2*1-2H3/t20-,21-,22+,23-,25+;;/m1../s1. The first-order chi connectivity index (χ1) is 17.9. The zero-order valence-corrected chi connectivity index (χ0v) is 22.8. The molecule has 2 N–H and O–H groups in total. The zero-order valence-electron chi connectivity index (χ0n) is 22.8. The van der Waals surface area contributed by atoms with Gasteiger partial charge in [0.05, 0.1) is 18.8 Å². The molecule has 0 spiro atoms. The molecule has 5 atom stereocenters. The second kappa shape index (κ2) is 17.7. The third-order valence-electron chi connectivity index (χ3n) is 5.26. The molecule has 0 bridgehead atoms. The number of esters is 1. The smallest absolute Gasteiger partial charge is 0.338 e. The van der Waals surface area contributed by atoms with Crippen LogP contribution in [0.2, 0.25) is 0 Å². The van der Waals surface area contributed by atoms with E-state index in [-0.39, 0.29) is 13.2 Å². The Morgan fingerprint density at radius 3 is 2.32 bits per heavy atom. The molecule has 3 rings (SSSR count). The van der Waals surface area contributed by atoms with Crippen molar-refractivity contribution in [3.63, 3.8) is 0 Å². The fourth-order valence-electron chi connectivity index (χ4n) is 3.51. The second-order valence-electron chi connectivity index (χ2n) is 7.72. The van der Waals surface area contributed by atoms with Crippen LogP contribution in [-0.4, -0.2) is 67.2 Å². The van der Waals surface area contributed by atoms with E-state index in [0.29, 0.717) is 23.5 Å². The topological polar surface area (TPSA) is 104 Å². The van der Waals surface area contributed by atoms with Gasteiger partial charge in [0.1, 0.15) is 30.7 Å². The van der Waals surface area contributed by atoms with Gasteiger partial charge in [-0.1, -0.05) is 64.1 Å². The molecule has 37 heavy (non-hydrogen) atoms. The van der Waals surface area contributed by atoms with Crippen LogP contribution in [0.15, 0.2) is 61.2 Å². The Morgan fingerprint density at radius 2 is 1.73 bits per heavy atom. The first-order valence-electron chi connectivity index (χ1n) is 12.7. The van der Waals surface area contributed by atoms with Gasteiger partial charge in [-0.05, 0) is 36.2 Å². The van der Waals surface area contributed by atoms with Crippen LogP contribution in [0.3, 0.4) is 0 Å². The van der Waals surface area contributed by atoms with Gasteiger partial charge in [-0.15, -0.1) is 6.58 Å². The number of aliphatic hydroxyl groups excluding tert-OH is 2. The first-order valence-corrected chi connectivity index (χ1v) is 12.7. The summed E-state index contributed by atoms with van der Waals surface area (Å²) in [6, 6.07) is 14.8. The number of rotatable bonds is 10. The van der Waals surface area contributed by atoms with Crippen molar-refractivity contribution < 1.29 is 38.7 Å². The summed E-state index contributed by atoms with van der Waals surface area (Å²) in [7, 11) is 1.45. The van der Waals surface area contributed by atoms with Crippen molar-refractivity contribution in [2.45, 2.75) is 71.9 Å². The van der Waals surface area contributed by atoms with Gasteiger partial charge in [-0.25, -0.2) is 4.79 Å². The van der Waals surface area contributed by atoms with E-state index in [9.17, 15) is 15.0 Å². The zero-order chi connectivity index (χ0) is 27.8. The van der Waals surface area contributed by atoms with Gasteiger partial charge in [-0.3, -0.25) is 0 Å². The Balaban J connectivity index is 0.00000163. The van der Waals surface area contributed by atoms with E-state index in [1.165, 1.54) is 13.2 Å². The third-order valence-corrected chi connectivity index (χ3v) is 5.26. The van der Waals surface area contributed by atoms with Gasteiger partial charge in [0.25, 0.3) is 0 Å². The van der Waals surface area contributed by atoms with Gasteiger partial charge < -0.3 is 33.9 Å². The second-order valence-corrected chi connectivity index (χ2v) is 7.72. The summed E-state index contributed by atoms with van der Waals surface area (Å²) in [5.41, 5.74) is 1.96. The highest BCUT2D eigenvalue weighted by Gasteiger charge is 2.47. The molecule has 0 aromatic heterocycles. The summed E-state index contributed by atoms with van der Waals surface area (Å²) >= 11 is 0. The lowest BCUT2D eigenvalue weighted by Crippen LogP contribution is -2.60. The summed E-state index contributed by atoms with van der Waals surface area (Å²) in [5, 5.41) is 21.0. The minimum Gasteiger partial charge on any atom is -0.489 e. The lowest BCUT2D eigenvalue weighted by Gasteiger charge is -2.41. The van der Waals surface area contributed by atoms with Crippen LogP contribution in [0.4, 0.5) is 0 Å². The number of aryl methyl sites for hydroxylation is 1. The average Bonchev–Trinajstić information content (AvgIpc) is 2.93. The fourth-order valence-corrected chi connectivity index (χ4v) is 3.51. The molecule has 2 aromatic rings. The van der Waals surface area contributed by atoms with Crippen LogP contribution < -0.4 is 4.74 Å². The predicted octanol–water partition coefficient (Wildman–Crippen LogP) is 4.45. The summed E-state index contributed by atoms with van der Waals surface area (Å²) in [6.07, 6.45) is -4.41. The average molecular weight is 519 g/mol. The van der Waals surface area contributed by atoms with Crippen molar-refractivity contribution >= 4 is 5.97 Å². The quantitative estimate of drug-likeness (QED) is 0.351. The Labute approximate surface area is 220 Å². The predicted molar refractivity (Wildman–Crippen MR) is 143 cm³/mol. The molecule has 0 radical (unpaired) electrons. The Bertz CT molecular complexity index is 917. The monoisotopic (exact) mass is 518 g/mol. The van der Waals surface area contributed by atoms with E-state index in [2.05, 4.69) is 6.58 Å². The van der Waals surface area contributed by atoms with Crippen molar-refractivity contribution in [1.29, 1.82) is 0 Å². The van der Waals surface area contributed by atoms with E-state index in [1.807, 2.05) is 58.0 Å². The molecule has 1 saturated heterocycles. The lowest BCUT2D eigenvalue weighted by atomic mass is 9.99. The molecule has 0 aliphatic carbocycles. The van der Waals surface area contributed by atoms with Gasteiger partial charge in [0.15, 0.2) is 12.4 Å². The van der Waals surface area contributed by atoms with Gasteiger partial charge in [0, 0.05) is 7.11 Å². The van der Waals surface area contributed by atoms with Crippen molar-refractivity contribution in [1.82, 2.24) is 0 Å². The number of carbonyl (C=O) groups excluding carboxylic acids is 1. The number of methoxy groups -OCH3 is 1. The molecular formula is C29H42O8. The van der Waals surface area contributed by atoms with Crippen LogP contribution in [0.5, 0.6) is 5.75 Å². The first kappa shape index (κ1) is 32.3. The van der Waals surface area contributed by atoms with E-state index in [0.717, 1.165) is 5.56 Å². The number of benzene rings is 2. The van der Waals surface area contributed by atoms with Crippen molar-refractivity contribution in [2.75, 3.05) is 20.3 Å². The van der Waals surface area contributed by atoms with E-state index >= 15 is 0 Å². The van der Waals surface area contributed by atoms with Crippen molar-refractivity contribution in [2.24, 2.45) is 0 Å². The number of aliphatic hydroxyl groups is 2. The van der Waals surface area contributed by atoms with Gasteiger partial charge >= 0.3 is 5.97 Å². The SMILES string of the molecule is C=CCO[C@H]1O[C@H](COC)[C@@H](O)[C@H](O)[C@H]1OC(=O)c1ccc(OCc2ccccc2)cc1C.CC.CC. The molecular weight excluding hydrogens is 476 g/mol. The molecule has 1 heterocycles. The molecule has 0 unspecified atom stereocenters. The molecule has 1 fully saturated rings. The number of hydrogen-bond acceptors (Lipinski definition) is 8. The molecule has 8 heteroatoms. The number of ether oxygens (including phenoxy) is 5. The summed E-state index contributed by atoms with van der Waals surface area (Å²) < 4.78 is 27.6. The van der Waals surface area contributed by atoms with E-state index < -0.39 is 36.7 Å². The molecule has 0 amide bonds. The Kier molecular flexibility index (Phi) is 15.4. The molecule has 1 aliphatic heterocycles. The number of hydrogen-bond donors (Lipinski definition) is 2. The van der Waals surface area contributed by atoms with Crippen LogP contribution >= 0.6 is 0 Å². The maximum Gasteiger partial charge on any atom is 0.338 e. The highest BCUT2D eigenvalue weighted by molar-refractivity contribution is 5.91. The van der Waals surface area contributed by atoms with E-state index in [1.54, 1.807) is 25.1 Å². The van der Waals surface area contributed by atoms with Crippen molar-refractivity contribution in [3.05, 3.63) is 77.9 Å². The number of carbonyl (C=O) groups is 1. The molecule has 1 aliphatic rings. The lowest BCUT2D eigenvalue weighted by molar-refractivity contribution is -0.298. The van der Waals surface area contributed by atoms with Crippen LogP contribution in [-0.2, 0) is 25.6 Å². The van der Waals surface area contributed by atoms with Crippen molar-refractivity contribution in [3.8, 4) is 5.75 Å². The van der Waals surface area contributed by atoms with E-state index in [4.69, 9.17) is 23.7 Å². The highest BCUT2D eigenvalue weighted by atomic mass is 16.7. The normalized spacial score (nSPS) is 22.4. The van der Waals surface area contributed by atoms with Gasteiger partial charge in [0.2, 0.25) is 0 Å². The molecule has 0 saturated carbocycles. The molecule has 206 valence electrons. The highest BCUT2D eigenvalue weighted by Crippen LogP contribution is 2.27. The third kappa shape index (κ3) is 9.57. The van der Waals surface area contributed by atoms with Gasteiger partial charge in [-0.2, -0.15) is 0 Å². The molecule has 8 nitrogen and oxygen atoms in total. The summed E-state index contributed by atoms with van der Waals surface area (Å²) in [5.74, 6) is -0.0710. The van der Waals surface area contributed by atoms with Crippen LogP contribution in [0, 0.1) is 6.92 Å². The maximum absolute atomic E-state index is 12.9. The minimum atomic E-state index is -1.42. The summed E-state index contributed by atoms with van der Waals surface area (Å²) in [6.45, 7) is 13.9. The molecule has 2 aromatic carbocycles. The Hall–Kier alpha value is -2.75.